The molecule has 1 rings (SSSR count). The molecule has 1 aromatic rings. The molecule has 1 heterocycles. The highest BCUT2D eigenvalue weighted by Gasteiger charge is 2.07. The highest BCUT2D eigenvalue weighted by atomic mass is 32.1. The molecule has 0 fully saturated rings. The Kier molecular flexibility index (Phi) is 5.95. The second-order valence-corrected chi connectivity index (χ2v) is 5.42. The minimum atomic E-state index is 0.690. The normalized spacial score (nSPS) is 13.3. The van der Waals surface area contributed by atoms with Crippen molar-refractivity contribution in [3.63, 3.8) is 0 Å². The summed E-state index contributed by atoms with van der Waals surface area (Å²) in [4.78, 5) is 6.91. The zero-order valence-electron chi connectivity index (χ0n) is 10.6. The molecule has 0 radical (unpaired) electrons. The maximum Gasteiger partial charge on any atom is 0.0941 e. The highest BCUT2D eigenvalue weighted by Crippen LogP contribution is 2.12. The monoisotopic (exact) mass is 241 g/mol. The van der Waals surface area contributed by atoms with Crippen molar-refractivity contribution < 1.29 is 0 Å². The molecule has 0 saturated carbocycles. The first-order chi connectivity index (χ1) is 7.65. The van der Waals surface area contributed by atoms with E-state index < -0.39 is 0 Å². The highest BCUT2D eigenvalue weighted by molar-refractivity contribution is 7.09. The third kappa shape index (κ3) is 4.60. The van der Waals surface area contributed by atoms with E-state index >= 15 is 0 Å². The van der Waals surface area contributed by atoms with Gasteiger partial charge in [-0.1, -0.05) is 20.3 Å². The number of rotatable bonds is 7. The van der Waals surface area contributed by atoms with Gasteiger partial charge in [0.15, 0.2) is 0 Å². The number of nitrogens with two attached hydrogens (primary N) is 1. The summed E-state index contributed by atoms with van der Waals surface area (Å²) in [6.45, 7) is 7.30. The first-order valence-corrected chi connectivity index (χ1v) is 6.85. The van der Waals surface area contributed by atoms with Crippen molar-refractivity contribution in [1.29, 1.82) is 0 Å². The van der Waals surface area contributed by atoms with E-state index in [-0.39, 0.29) is 0 Å². The van der Waals surface area contributed by atoms with Gasteiger partial charge in [0.25, 0.3) is 0 Å². The summed E-state index contributed by atoms with van der Waals surface area (Å²) in [5.41, 5.74) is 6.69. The maximum absolute atomic E-state index is 5.51. The molecule has 0 aliphatic heterocycles. The molecule has 3 nitrogen and oxygen atoms in total. The third-order valence-corrected chi connectivity index (χ3v) is 3.67. The number of hydrogen-bond acceptors (Lipinski definition) is 4. The van der Waals surface area contributed by atoms with Crippen LogP contribution in [0.15, 0.2) is 5.38 Å². The Labute approximate surface area is 103 Å². The molecule has 0 saturated heterocycles. The Morgan fingerprint density at radius 2 is 2.31 bits per heavy atom. The van der Waals surface area contributed by atoms with Crippen LogP contribution in [0.1, 0.15) is 31.0 Å². The molecule has 92 valence electrons. The van der Waals surface area contributed by atoms with Gasteiger partial charge in [-0.2, -0.15) is 0 Å². The summed E-state index contributed by atoms with van der Waals surface area (Å²) in [5.74, 6) is 0.757. The molecule has 0 aromatic carbocycles. The van der Waals surface area contributed by atoms with E-state index in [2.05, 4.69) is 36.2 Å². The summed E-state index contributed by atoms with van der Waals surface area (Å²) in [6.07, 6.45) is 2.14. The van der Waals surface area contributed by atoms with Gasteiger partial charge in [-0.05, 0) is 19.5 Å². The molecule has 0 bridgehead atoms. The van der Waals surface area contributed by atoms with Crippen molar-refractivity contribution >= 4 is 11.3 Å². The van der Waals surface area contributed by atoms with Gasteiger partial charge in [0, 0.05) is 24.9 Å². The van der Waals surface area contributed by atoms with Crippen LogP contribution in [-0.2, 0) is 13.0 Å². The van der Waals surface area contributed by atoms with Gasteiger partial charge in [0.2, 0.25) is 0 Å². The van der Waals surface area contributed by atoms with Gasteiger partial charge in [0.05, 0.1) is 10.7 Å². The van der Waals surface area contributed by atoms with Crippen molar-refractivity contribution in [1.82, 2.24) is 9.88 Å². The predicted octanol–water partition coefficient (Wildman–Crippen LogP) is 2.12. The fourth-order valence-electron chi connectivity index (χ4n) is 1.66. The lowest BCUT2D eigenvalue weighted by Gasteiger charge is -2.19. The summed E-state index contributed by atoms with van der Waals surface area (Å²) in [6, 6.07) is 0. The van der Waals surface area contributed by atoms with Crippen molar-refractivity contribution in [2.75, 3.05) is 20.1 Å². The van der Waals surface area contributed by atoms with Crippen LogP contribution in [-0.4, -0.2) is 30.0 Å². The lowest BCUT2D eigenvalue weighted by molar-refractivity contribution is 0.273. The average Bonchev–Trinajstić information content (AvgIpc) is 2.65. The fraction of sp³-hybridized carbons (Fsp3) is 0.750. The molecule has 0 aliphatic rings. The van der Waals surface area contributed by atoms with Crippen LogP contribution in [0.5, 0.6) is 0 Å². The molecular formula is C12H23N3S. The Morgan fingerprint density at radius 3 is 2.94 bits per heavy atom. The van der Waals surface area contributed by atoms with Crippen LogP contribution >= 0.6 is 11.3 Å². The van der Waals surface area contributed by atoms with E-state index in [4.69, 9.17) is 5.73 Å². The summed E-state index contributed by atoms with van der Waals surface area (Å²) in [5, 5.41) is 3.31. The largest absolute Gasteiger partial charge is 0.330 e. The van der Waals surface area contributed by atoms with Gasteiger partial charge in [-0.25, -0.2) is 4.98 Å². The van der Waals surface area contributed by atoms with Crippen LogP contribution in [0.4, 0.5) is 0 Å². The lowest BCUT2D eigenvalue weighted by atomic mass is 10.1. The SMILES string of the molecule is CCC(C)CN(C)Cc1csc(CCN)n1. The minimum absolute atomic E-state index is 0.690. The van der Waals surface area contributed by atoms with Crippen LogP contribution in [0, 0.1) is 5.92 Å². The zero-order chi connectivity index (χ0) is 12.0. The minimum Gasteiger partial charge on any atom is -0.330 e. The van der Waals surface area contributed by atoms with E-state index in [0.717, 1.165) is 30.4 Å². The van der Waals surface area contributed by atoms with E-state index in [1.54, 1.807) is 11.3 Å². The van der Waals surface area contributed by atoms with Crippen molar-refractivity contribution in [3.05, 3.63) is 16.1 Å². The second-order valence-electron chi connectivity index (χ2n) is 4.48. The van der Waals surface area contributed by atoms with Gasteiger partial charge >= 0.3 is 0 Å². The first-order valence-electron chi connectivity index (χ1n) is 5.97. The van der Waals surface area contributed by atoms with Crippen LogP contribution in [0.25, 0.3) is 0 Å². The van der Waals surface area contributed by atoms with E-state index in [9.17, 15) is 0 Å². The average molecular weight is 241 g/mol. The Balaban J connectivity index is 2.40. The van der Waals surface area contributed by atoms with Crippen molar-refractivity contribution in [2.45, 2.75) is 33.2 Å². The molecular weight excluding hydrogens is 218 g/mol. The van der Waals surface area contributed by atoms with Crippen LogP contribution < -0.4 is 5.73 Å². The number of thiazole rings is 1. The molecule has 1 aromatic heterocycles. The van der Waals surface area contributed by atoms with E-state index in [1.807, 2.05) is 0 Å². The summed E-state index contributed by atoms with van der Waals surface area (Å²) in [7, 11) is 2.16. The predicted molar refractivity (Wildman–Crippen MR) is 70.7 cm³/mol. The Bertz CT molecular complexity index is 298. The molecule has 0 amide bonds. The lowest BCUT2D eigenvalue weighted by Crippen LogP contribution is -2.23. The van der Waals surface area contributed by atoms with Crippen LogP contribution in [0.2, 0.25) is 0 Å². The maximum atomic E-state index is 5.51. The van der Waals surface area contributed by atoms with Gasteiger partial charge in [0.1, 0.15) is 0 Å². The Morgan fingerprint density at radius 1 is 1.56 bits per heavy atom. The third-order valence-electron chi connectivity index (χ3n) is 2.71. The quantitative estimate of drug-likeness (QED) is 0.795. The second kappa shape index (κ2) is 6.99. The smallest absolute Gasteiger partial charge is 0.0941 e. The standard InChI is InChI=1S/C12H23N3S/c1-4-10(2)7-15(3)8-11-9-16-12(14-11)5-6-13/h9-10H,4-8,13H2,1-3H3. The fourth-order valence-corrected chi connectivity index (χ4v) is 2.47. The molecule has 2 N–H and O–H groups in total. The van der Waals surface area contributed by atoms with Gasteiger partial charge < -0.3 is 10.6 Å². The van der Waals surface area contributed by atoms with E-state index in [0.29, 0.717) is 6.54 Å². The Hall–Kier alpha value is -0.450. The molecule has 0 aliphatic carbocycles. The number of nitrogens with zero attached hydrogens (tertiary/aromatic N) is 2. The van der Waals surface area contributed by atoms with Gasteiger partial charge in [-0.3, -0.25) is 0 Å². The van der Waals surface area contributed by atoms with Crippen molar-refractivity contribution in [2.24, 2.45) is 11.7 Å². The van der Waals surface area contributed by atoms with Crippen LogP contribution in [0.3, 0.4) is 0 Å². The summed E-state index contributed by atoms with van der Waals surface area (Å²) >= 11 is 1.72. The van der Waals surface area contributed by atoms with Crippen molar-refractivity contribution in [3.8, 4) is 0 Å². The molecule has 4 heteroatoms. The number of aromatic nitrogens is 1. The first kappa shape index (κ1) is 13.6. The number of hydrogen-bond donors (Lipinski definition) is 1. The zero-order valence-corrected chi connectivity index (χ0v) is 11.4. The summed E-state index contributed by atoms with van der Waals surface area (Å²) < 4.78 is 0. The molecule has 0 spiro atoms. The molecule has 1 atom stereocenters. The van der Waals surface area contributed by atoms with E-state index in [1.165, 1.54) is 12.1 Å². The van der Waals surface area contributed by atoms with Gasteiger partial charge in [-0.15, -0.1) is 11.3 Å². The topological polar surface area (TPSA) is 42.1 Å². The molecule has 16 heavy (non-hydrogen) atoms. The molecule has 1 unspecified atom stereocenters.